The van der Waals surface area contributed by atoms with Crippen molar-refractivity contribution in [2.24, 2.45) is 11.6 Å². The van der Waals surface area contributed by atoms with Crippen molar-refractivity contribution in [1.82, 2.24) is 15.0 Å². The van der Waals surface area contributed by atoms with E-state index >= 15 is 0 Å². The maximum Gasteiger partial charge on any atom is 0.323 e. The van der Waals surface area contributed by atoms with E-state index in [1.807, 2.05) is 0 Å². The molecular weight excluding hydrogens is 226 g/mol. The molecule has 0 spiro atoms. The van der Waals surface area contributed by atoms with Gasteiger partial charge in [-0.15, -0.1) is 0 Å². The van der Waals surface area contributed by atoms with Crippen LogP contribution in [-0.2, 0) is 4.79 Å². The van der Waals surface area contributed by atoms with Crippen molar-refractivity contribution in [2.45, 2.75) is 6.92 Å². The van der Waals surface area contributed by atoms with Gasteiger partial charge in [0.05, 0.1) is 13.2 Å². The molecule has 94 valence electrons. The van der Waals surface area contributed by atoms with Crippen molar-refractivity contribution in [3.63, 3.8) is 0 Å². The first kappa shape index (κ1) is 12.9. The Hall–Kier alpha value is -2.16. The van der Waals surface area contributed by atoms with E-state index in [9.17, 15) is 4.79 Å². The van der Waals surface area contributed by atoms with Crippen LogP contribution >= 0.6 is 0 Å². The molecule has 0 aromatic carbocycles. The van der Waals surface area contributed by atoms with Crippen LogP contribution < -0.4 is 26.6 Å². The first-order chi connectivity index (χ1) is 8.06. The van der Waals surface area contributed by atoms with Gasteiger partial charge in [-0.1, -0.05) is 0 Å². The molecule has 0 aliphatic heterocycles. The number of hydrogen-bond donors (Lipinski definition) is 3. The number of nitrogens with one attached hydrogen (secondary N) is 1. The lowest BCUT2D eigenvalue weighted by molar-refractivity contribution is -0.116. The minimum atomic E-state index is -0.492. The number of nitrogen functional groups attached to an aromatic ring is 1. The number of carbonyl (C=O) groups is 1. The molecule has 0 atom stereocenters. The van der Waals surface area contributed by atoms with Crippen molar-refractivity contribution in [1.29, 1.82) is 0 Å². The Morgan fingerprint density at radius 1 is 1.47 bits per heavy atom. The van der Waals surface area contributed by atoms with Crippen molar-refractivity contribution >= 4 is 17.8 Å². The van der Waals surface area contributed by atoms with Crippen molar-refractivity contribution in [3.8, 4) is 6.01 Å². The van der Waals surface area contributed by atoms with Gasteiger partial charge in [-0.25, -0.2) is 5.84 Å². The van der Waals surface area contributed by atoms with Crippen LogP contribution in [0, 0.1) is 0 Å². The quantitative estimate of drug-likeness (QED) is 0.404. The van der Waals surface area contributed by atoms with Crippen molar-refractivity contribution < 1.29 is 9.53 Å². The number of primary amides is 1. The molecule has 1 rings (SSSR count). The highest BCUT2D eigenvalue weighted by Gasteiger charge is 2.12. The summed E-state index contributed by atoms with van der Waals surface area (Å²) in [5, 5.41) is 0. The molecule has 1 aromatic heterocycles. The molecule has 1 aromatic rings. The fourth-order valence-corrected chi connectivity index (χ4v) is 1.08. The zero-order valence-electron chi connectivity index (χ0n) is 9.67. The van der Waals surface area contributed by atoms with E-state index in [1.54, 1.807) is 14.0 Å². The highest BCUT2D eigenvalue weighted by atomic mass is 16.5. The largest absolute Gasteiger partial charge is 0.464 e. The second kappa shape index (κ2) is 5.80. The third-order valence-electron chi connectivity index (χ3n) is 1.74. The summed E-state index contributed by atoms with van der Waals surface area (Å²) >= 11 is 0. The fourth-order valence-electron chi connectivity index (χ4n) is 1.08. The van der Waals surface area contributed by atoms with Crippen LogP contribution in [-0.4, -0.2) is 41.1 Å². The van der Waals surface area contributed by atoms with Gasteiger partial charge in [-0.05, 0) is 6.92 Å². The summed E-state index contributed by atoms with van der Waals surface area (Å²) in [6, 6.07) is 0.127. The molecule has 0 saturated carbocycles. The number of likely N-dealkylation sites (N-methyl/N-ethyl adjacent to an activating group) is 1. The SMILES string of the molecule is CCOc1nc(NN)nc(N(C)CC(N)=O)n1. The number of hydrogen-bond acceptors (Lipinski definition) is 8. The molecule has 0 aliphatic carbocycles. The maximum atomic E-state index is 10.8. The van der Waals surface area contributed by atoms with Crippen molar-refractivity contribution in [2.75, 3.05) is 30.5 Å². The van der Waals surface area contributed by atoms with Gasteiger partial charge in [0.25, 0.3) is 0 Å². The summed E-state index contributed by atoms with van der Waals surface area (Å²) in [7, 11) is 1.62. The van der Waals surface area contributed by atoms with Gasteiger partial charge in [0.15, 0.2) is 0 Å². The highest BCUT2D eigenvalue weighted by molar-refractivity contribution is 5.78. The Balaban J connectivity index is 2.96. The predicted molar refractivity (Wildman–Crippen MR) is 61.3 cm³/mol. The summed E-state index contributed by atoms with van der Waals surface area (Å²) in [6.45, 7) is 2.19. The Morgan fingerprint density at radius 3 is 2.71 bits per heavy atom. The van der Waals surface area contributed by atoms with E-state index in [2.05, 4.69) is 20.4 Å². The van der Waals surface area contributed by atoms with E-state index in [4.69, 9.17) is 16.3 Å². The van der Waals surface area contributed by atoms with Gasteiger partial charge in [0, 0.05) is 7.05 Å². The number of aromatic nitrogens is 3. The second-order valence-electron chi connectivity index (χ2n) is 3.14. The molecule has 0 saturated heterocycles. The van der Waals surface area contributed by atoms with Gasteiger partial charge >= 0.3 is 6.01 Å². The van der Waals surface area contributed by atoms with Crippen LogP contribution in [0.3, 0.4) is 0 Å². The average molecular weight is 241 g/mol. The monoisotopic (exact) mass is 241 g/mol. The summed E-state index contributed by atoms with van der Waals surface area (Å²) in [6.07, 6.45) is 0. The van der Waals surface area contributed by atoms with E-state index in [-0.39, 0.29) is 24.5 Å². The van der Waals surface area contributed by atoms with E-state index in [1.165, 1.54) is 4.90 Å². The van der Waals surface area contributed by atoms with Gasteiger partial charge < -0.3 is 15.4 Å². The number of ether oxygens (including phenoxy) is 1. The minimum absolute atomic E-state index is 0.0143. The second-order valence-corrected chi connectivity index (χ2v) is 3.14. The molecule has 0 radical (unpaired) electrons. The zero-order valence-corrected chi connectivity index (χ0v) is 9.67. The molecule has 9 heteroatoms. The van der Waals surface area contributed by atoms with E-state index in [0.717, 1.165) is 0 Å². The molecule has 9 nitrogen and oxygen atoms in total. The normalized spacial score (nSPS) is 9.82. The molecule has 0 aliphatic rings. The summed E-state index contributed by atoms with van der Waals surface area (Å²) < 4.78 is 5.14. The number of rotatable bonds is 6. The molecule has 0 unspecified atom stereocenters. The Morgan fingerprint density at radius 2 is 2.18 bits per heavy atom. The molecule has 5 N–H and O–H groups in total. The summed E-state index contributed by atoms with van der Waals surface area (Å²) in [5.74, 6) is 5.12. The lowest BCUT2D eigenvalue weighted by atomic mass is 10.5. The number of hydrazine groups is 1. The summed E-state index contributed by atoms with van der Waals surface area (Å²) in [5.41, 5.74) is 7.36. The van der Waals surface area contributed by atoms with Gasteiger partial charge in [-0.3, -0.25) is 10.2 Å². The van der Waals surface area contributed by atoms with E-state index < -0.39 is 5.91 Å². The van der Waals surface area contributed by atoms with Crippen LogP contribution in [0.15, 0.2) is 0 Å². The molecule has 0 bridgehead atoms. The Labute approximate surface area is 98.1 Å². The number of anilines is 2. The maximum absolute atomic E-state index is 10.8. The lowest BCUT2D eigenvalue weighted by Crippen LogP contribution is -2.32. The van der Waals surface area contributed by atoms with Crippen molar-refractivity contribution in [3.05, 3.63) is 0 Å². The zero-order chi connectivity index (χ0) is 12.8. The minimum Gasteiger partial charge on any atom is -0.464 e. The predicted octanol–water partition coefficient (Wildman–Crippen LogP) is -1.52. The smallest absolute Gasteiger partial charge is 0.323 e. The molecular formula is C8H15N7O2. The first-order valence-corrected chi connectivity index (χ1v) is 4.91. The first-order valence-electron chi connectivity index (χ1n) is 4.91. The van der Waals surface area contributed by atoms with Crippen LogP contribution in [0.2, 0.25) is 0 Å². The third-order valence-corrected chi connectivity index (χ3v) is 1.74. The van der Waals surface area contributed by atoms with Gasteiger partial charge in [0.1, 0.15) is 0 Å². The molecule has 0 fully saturated rings. The van der Waals surface area contributed by atoms with Crippen LogP contribution in [0.1, 0.15) is 6.92 Å². The average Bonchev–Trinajstić information content (AvgIpc) is 2.28. The summed E-state index contributed by atoms with van der Waals surface area (Å²) in [4.78, 5) is 24.1. The van der Waals surface area contributed by atoms with Crippen LogP contribution in [0.5, 0.6) is 6.01 Å². The molecule has 1 heterocycles. The standard InChI is InChI=1S/C8H15N7O2/c1-3-17-8-12-6(14-10)11-7(13-8)15(2)4-5(9)16/h3-4,10H2,1-2H3,(H2,9,16)(H,11,12,13,14). The molecule has 1 amide bonds. The Kier molecular flexibility index (Phi) is 4.40. The van der Waals surface area contributed by atoms with Gasteiger partial charge in [0.2, 0.25) is 17.8 Å². The van der Waals surface area contributed by atoms with Crippen LogP contribution in [0.25, 0.3) is 0 Å². The highest BCUT2D eigenvalue weighted by Crippen LogP contribution is 2.12. The Bertz CT molecular complexity index is 397. The number of amides is 1. The lowest BCUT2D eigenvalue weighted by Gasteiger charge is -2.15. The van der Waals surface area contributed by atoms with E-state index in [0.29, 0.717) is 6.61 Å². The van der Waals surface area contributed by atoms with Gasteiger partial charge in [-0.2, -0.15) is 15.0 Å². The number of nitrogens with two attached hydrogens (primary N) is 2. The number of nitrogens with zero attached hydrogens (tertiary/aromatic N) is 4. The third kappa shape index (κ3) is 3.72. The van der Waals surface area contributed by atoms with Crippen LogP contribution in [0.4, 0.5) is 11.9 Å². The number of carbonyl (C=O) groups excluding carboxylic acids is 1. The molecule has 17 heavy (non-hydrogen) atoms. The fraction of sp³-hybridized carbons (Fsp3) is 0.500. The topological polar surface area (TPSA) is 132 Å².